The summed E-state index contributed by atoms with van der Waals surface area (Å²) in [5.41, 5.74) is 2.79. The van der Waals surface area contributed by atoms with Crippen molar-refractivity contribution in [2.24, 2.45) is 7.05 Å². The molecule has 2 aromatic rings. The maximum Gasteiger partial charge on any atom is 0.0992 e. The second-order valence-electron chi connectivity index (χ2n) is 3.43. The lowest BCUT2D eigenvalue weighted by atomic mass is 10.0. The predicted octanol–water partition coefficient (Wildman–Crippen LogP) is 2.24. The maximum absolute atomic E-state index is 8.87. The van der Waals surface area contributed by atoms with Gasteiger partial charge in [-0.15, -0.1) is 0 Å². The molecule has 0 bridgehead atoms. The van der Waals surface area contributed by atoms with Crippen LogP contribution in [0.3, 0.4) is 0 Å². The highest BCUT2D eigenvalue weighted by Gasteiger charge is 2.05. The lowest BCUT2D eigenvalue weighted by molar-refractivity contribution is 0.928. The van der Waals surface area contributed by atoms with Crippen molar-refractivity contribution in [3.8, 4) is 23.4 Å². The molecule has 0 aliphatic carbocycles. The standard InChI is InChI=1S/C13H8N3/c1-16-4-2-3-13(16)12-6-10(8-14)5-11(7-12)9-15/h2-3,5-7H,1H3. The van der Waals surface area contributed by atoms with E-state index < -0.39 is 0 Å². The minimum atomic E-state index is 0.496. The topological polar surface area (TPSA) is 52.5 Å². The minimum Gasteiger partial charge on any atom is -0.342 e. The van der Waals surface area contributed by atoms with Gasteiger partial charge in [-0.1, -0.05) is 0 Å². The summed E-state index contributed by atoms with van der Waals surface area (Å²) < 4.78 is 1.83. The Morgan fingerprint density at radius 3 is 2.19 bits per heavy atom. The Kier molecular flexibility index (Phi) is 2.45. The van der Waals surface area contributed by atoms with Gasteiger partial charge in [-0.3, -0.25) is 0 Å². The van der Waals surface area contributed by atoms with Crippen molar-refractivity contribution in [1.82, 2.24) is 4.57 Å². The van der Waals surface area contributed by atoms with E-state index in [1.54, 1.807) is 24.3 Å². The molecule has 3 heteroatoms. The zero-order valence-electron chi connectivity index (χ0n) is 8.73. The molecule has 0 saturated carbocycles. The molecule has 2 rings (SSSR count). The van der Waals surface area contributed by atoms with Gasteiger partial charge in [-0.25, -0.2) is 0 Å². The summed E-state index contributed by atoms with van der Waals surface area (Å²) in [5, 5.41) is 17.7. The summed E-state index contributed by atoms with van der Waals surface area (Å²) >= 11 is 0. The summed E-state index contributed by atoms with van der Waals surface area (Å²) in [5.74, 6) is 0. The molecular formula is C13H8N3. The van der Waals surface area contributed by atoms with Gasteiger partial charge < -0.3 is 4.57 Å². The molecule has 1 aromatic heterocycles. The van der Waals surface area contributed by atoms with E-state index in [4.69, 9.17) is 10.5 Å². The van der Waals surface area contributed by atoms with Crippen LogP contribution in [0.25, 0.3) is 11.3 Å². The Morgan fingerprint density at radius 1 is 1.12 bits per heavy atom. The first-order chi connectivity index (χ1) is 7.74. The Balaban J connectivity index is 2.63. The minimum absolute atomic E-state index is 0.496. The highest BCUT2D eigenvalue weighted by atomic mass is 14.9. The van der Waals surface area contributed by atoms with Crippen LogP contribution in [0.5, 0.6) is 0 Å². The first-order valence-corrected chi connectivity index (χ1v) is 4.73. The lowest BCUT2D eigenvalue weighted by Gasteiger charge is -2.04. The summed E-state index contributed by atoms with van der Waals surface area (Å²) in [6, 6.07) is 12.9. The molecule has 0 unspecified atom stereocenters. The smallest absolute Gasteiger partial charge is 0.0992 e. The van der Waals surface area contributed by atoms with Crippen LogP contribution in [0, 0.1) is 28.9 Å². The van der Waals surface area contributed by atoms with Gasteiger partial charge in [0.1, 0.15) is 0 Å². The molecule has 0 fully saturated rings. The Morgan fingerprint density at radius 2 is 1.75 bits per heavy atom. The molecular weight excluding hydrogens is 198 g/mol. The summed E-state index contributed by atoms with van der Waals surface area (Å²) in [4.78, 5) is 0. The van der Waals surface area contributed by atoms with E-state index in [1.165, 1.54) is 0 Å². The lowest BCUT2D eigenvalue weighted by Crippen LogP contribution is -1.91. The number of aryl methyl sites for hydroxylation is 1. The van der Waals surface area contributed by atoms with Gasteiger partial charge in [0.25, 0.3) is 0 Å². The van der Waals surface area contributed by atoms with Gasteiger partial charge in [-0.05, 0) is 30.3 Å². The molecule has 0 aliphatic heterocycles. The summed E-state index contributed by atoms with van der Waals surface area (Å²) in [7, 11) is 1.88. The van der Waals surface area contributed by atoms with Crippen LogP contribution >= 0.6 is 0 Å². The SMILES string of the molecule is Cn1[c]ccc1-c1cc(C#N)cc(C#N)c1. The van der Waals surface area contributed by atoms with Crippen molar-refractivity contribution in [2.75, 3.05) is 0 Å². The number of aromatic nitrogens is 1. The Labute approximate surface area is 93.8 Å². The van der Waals surface area contributed by atoms with Crippen molar-refractivity contribution in [3.63, 3.8) is 0 Å². The number of nitrogens with zero attached hydrogens (tertiary/aromatic N) is 3. The predicted molar refractivity (Wildman–Crippen MR) is 59.1 cm³/mol. The molecule has 0 atom stereocenters. The third kappa shape index (κ3) is 1.67. The van der Waals surface area contributed by atoms with Crippen LogP contribution < -0.4 is 0 Å². The second kappa shape index (κ2) is 3.92. The van der Waals surface area contributed by atoms with Crippen LogP contribution in [-0.2, 0) is 7.05 Å². The van der Waals surface area contributed by atoms with Crippen LogP contribution in [-0.4, -0.2) is 4.57 Å². The van der Waals surface area contributed by atoms with Crippen LogP contribution in [0.2, 0.25) is 0 Å². The molecule has 75 valence electrons. The highest BCUT2D eigenvalue weighted by molar-refractivity contribution is 5.64. The second-order valence-corrected chi connectivity index (χ2v) is 3.43. The molecule has 16 heavy (non-hydrogen) atoms. The first kappa shape index (κ1) is 10.0. The largest absolute Gasteiger partial charge is 0.342 e. The monoisotopic (exact) mass is 206 g/mol. The summed E-state index contributed by atoms with van der Waals surface area (Å²) in [6.45, 7) is 0. The Hall–Kier alpha value is -2.52. The van der Waals surface area contributed by atoms with E-state index in [1.807, 2.05) is 17.7 Å². The zero-order chi connectivity index (χ0) is 11.5. The van der Waals surface area contributed by atoms with Crippen molar-refractivity contribution in [2.45, 2.75) is 0 Å². The molecule has 1 radical (unpaired) electrons. The van der Waals surface area contributed by atoms with Crippen molar-refractivity contribution in [1.29, 1.82) is 10.5 Å². The molecule has 0 aliphatic rings. The summed E-state index contributed by atoms with van der Waals surface area (Å²) in [6.07, 6.45) is 2.99. The fourth-order valence-corrected chi connectivity index (χ4v) is 1.60. The van der Waals surface area contributed by atoms with E-state index >= 15 is 0 Å². The fourth-order valence-electron chi connectivity index (χ4n) is 1.60. The van der Waals surface area contributed by atoms with E-state index in [9.17, 15) is 0 Å². The average molecular weight is 206 g/mol. The normalized spacial score (nSPS) is 9.44. The van der Waals surface area contributed by atoms with Gasteiger partial charge in [0.2, 0.25) is 0 Å². The van der Waals surface area contributed by atoms with Crippen LogP contribution in [0.1, 0.15) is 11.1 Å². The van der Waals surface area contributed by atoms with E-state index in [0.717, 1.165) is 11.3 Å². The fraction of sp³-hybridized carbons (Fsp3) is 0.0769. The van der Waals surface area contributed by atoms with Gasteiger partial charge >= 0.3 is 0 Å². The number of hydrogen-bond donors (Lipinski definition) is 0. The van der Waals surface area contributed by atoms with Gasteiger partial charge in [0.15, 0.2) is 0 Å². The Bertz CT molecular complexity index is 577. The van der Waals surface area contributed by atoms with E-state index in [0.29, 0.717) is 11.1 Å². The van der Waals surface area contributed by atoms with Crippen LogP contribution in [0.4, 0.5) is 0 Å². The van der Waals surface area contributed by atoms with Crippen molar-refractivity contribution in [3.05, 3.63) is 47.7 Å². The maximum atomic E-state index is 8.87. The molecule has 0 amide bonds. The van der Waals surface area contributed by atoms with Crippen molar-refractivity contribution >= 4 is 0 Å². The van der Waals surface area contributed by atoms with E-state index in [-0.39, 0.29) is 0 Å². The molecule has 0 spiro atoms. The molecule has 0 N–H and O–H groups in total. The number of benzene rings is 1. The molecule has 3 nitrogen and oxygen atoms in total. The zero-order valence-corrected chi connectivity index (χ0v) is 8.73. The number of hydrogen-bond acceptors (Lipinski definition) is 2. The van der Waals surface area contributed by atoms with Gasteiger partial charge in [-0.2, -0.15) is 10.5 Å². The first-order valence-electron chi connectivity index (χ1n) is 4.73. The number of nitriles is 2. The van der Waals surface area contributed by atoms with Gasteiger partial charge in [0.05, 0.1) is 29.5 Å². The highest BCUT2D eigenvalue weighted by Crippen LogP contribution is 2.21. The molecule has 1 heterocycles. The number of rotatable bonds is 1. The molecule has 1 aromatic carbocycles. The van der Waals surface area contributed by atoms with E-state index in [2.05, 4.69) is 18.3 Å². The van der Waals surface area contributed by atoms with Crippen molar-refractivity contribution < 1.29 is 0 Å². The third-order valence-corrected chi connectivity index (χ3v) is 2.36. The van der Waals surface area contributed by atoms with Crippen LogP contribution in [0.15, 0.2) is 30.3 Å². The average Bonchev–Trinajstić information content (AvgIpc) is 2.74. The quantitative estimate of drug-likeness (QED) is 0.718. The van der Waals surface area contributed by atoms with Gasteiger partial charge in [0, 0.05) is 18.3 Å². The third-order valence-electron chi connectivity index (χ3n) is 2.36. The molecule has 0 saturated heterocycles.